The van der Waals surface area contributed by atoms with Crippen LogP contribution in [0.1, 0.15) is 29.5 Å². The van der Waals surface area contributed by atoms with Crippen LogP contribution >= 0.6 is 34.8 Å². The summed E-state index contributed by atoms with van der Waals surface area (Å²) in [4.78, 5) is 0. The van der Waals surface area contributed by atoms with E-state index >= 15 is 0 Å². The Balaban J connectivity index is 1.82. The third-order valence-electron chi connectivity index (χ3n) is 4.65. The Hall–Kier alpha value is -1.15. The molecule has 1 heterocycles. The molecule has 0 aromatic heterocycles. The number of hydrogen-bond acceptors (Lipinski definition) is 1. The predicted octanol–water partition coefficient (Wildman–Crippen LogP) is 6.47. The fraction of sp³-hybridized carbons (Fsp3) is 0.222. The Labute approximate surface area is 144 Å². The van der Waals surface area contributed by atoms with Crippen LogP contribution in [-0.4, -0.2) is 0 Å². The number of hydrogen-bond donors (Lipinski definition) is 1. The number of rotatable bonds is 1. The molecule has 2 aliphatic rings. The molecule has 4 rings (SSSR count). The number of benzene rings is 2. The van der Waals surface area contributed by atoms with Gasteiger partial charge >= 0.3 is 0 Å². The van der Waals surface area contributed by atoms with E-state index in [1.807, 2.05) is 30.3 Å². The van der Waals surface area contributed by atoms with Gasteiger partial charge in [0.15, 0.2) is 0 Å². The van der Waals surface area contributed by atoms with Gasteiger partial charge in [-0.25, -0.2) is 0 Å². The quantitative estimate of drug-likeness (QED) is 0.581. The molecule has 0 bridgehead atoms. The molecule has 0 radical (unpaired) electrons. The first-order chi connectivity index (χ1) is 10.6. The number of halogens is 3. The molecule has 1 N–H and O–H groups in total. The number of anilines is 1. The van der Waals surface area contributed by atoms with Gasteiger partial charge in [0.25, 0.3) is 0 Å². The van der Waals surface area contributed by atoms with E-state index in [9.17, 15) is 0 Å². The Bertz CT molecular complexity index is 769. The highest BCUT2D eigenvalue weighted by Crippen LogP contribution is 2.51. The first-order valence-corrected chi connectivity index (χ1v) is 8.45. The molecule has 1 nitrogen and oxygen atoms in total. The molecule has 22 heavy (non-hydrogen) atoms. The average Bonchev–Trinajstić information content (AvgIpc) is 3.00. The van der Waals surface area contributed by atoms with E-state index in [-0.39, 0.29) is 6.04 Å². The third kappa shape index (κ3) is 2.23. The van der Waals surface area contributed by atoms with Crippen molar-refractivity contribution in [1.82, 2.24) is 0 Å². The van der Waals surface area contributed by atoms with Crippen LogP contribution in [0.15, 0.2) is 48.6 Å². The first-order valence-electron chi connectivity index (χ1n) is 7.31. The van der Waals surface area contributed by atoms with Crippen molar-refractivity contribution in [2.75, 3.05) is 5.32 Å². The minimum atomic E-state index is 0.183. The highest BCUT2D eigenvalue weighted by Gasteiger charge is 2.38. The van der Waals surface area contributed by atoms with E-state index < -0.39 is 0 Å². The normalized spacial score (nSPS) is 25.5. The van der Waals surface area contributed by atoms with Gasteiger partial charge in [0.05, 0.1) is 26.8 Å². The van der Waals surface area contributed by atoms with Gasteiger partial charge in [-0.15, -0.1) is 0 Å². The molecule has 0 fully saturated rings. The topological polar surface area (TPSA) is 12.0 Å². The van der Waals surface area contributed by atoms with Gasteiger partial charge in [0.1, 0.15) is 0 Å². The van der Waals surface area contributed by atoms with Gasteiger partial charge in [0.2, 0.25) is 0 Å². The van der Waals surface area contributed by atoms with E-state index in [0.717, 1.165) is 22.7 Å². The maximum absolute atomic E-state index is 6.41. The van der Waals surface area contributed by atoms with E-state index in [1.165, 1.54) is 5.56 Å². The summed E-state index contributed by atoms with van der Waals surface area (Å²) in [7, 11) is 0. The Morgan fingerprint density at radius 3 is 2.64 bits per heavy atom. The van der Waals surface area contributed by atoms with Gasteiger partial charge in [-0.3, -0.25) is 0 Å². The number of fused-ring (bicyclic) bond motifs is 3. The van der Waals surface area contributed by atoms with Crippen molar-refractivity contribution < 1.29 is 0 Å². The van der Waals surface area contributed by atoms with Crippen LogP contribution in [0.3, 0.4) is 0 Å². The second kappa shape index (κ2) is 5.49. The van der Waals surface area contributed by atoms with Gasteiger partial charge in [-0.05, 0) is 41.7 Å². The average molecular weight is 351 g/mol. The summed E-state index contributed by atoms with van der Waals surface area (Å²) in [5.41, 5.74) is 3.47. The molecule has 0 unspecified atom stereocenters. The van der Waals surface area contributed by atoms with Crippen molar-refractivity contribution in [3.63, 3.8) is 0 Å². The summed E-state index contributed by atoms with van der Waals surface area (Å²) in [5.74, 6) is 0.873. The molecule has 3 atom stereocenters. The fourth-order valence-electron chi connectivity index (χ4n) is 3.62. The van der Waals surface area contributed by atoms with E-state index in [1.54, 1.807) is 0 Å². The molecule has 0 amide bonds. The molecule has 2 aromatic rings. The second-order valence-corrected chi connectivity index (χ2v) is 7.07. The molecular formula is C18H14Cl3N. The van der Waals surface area contributed by atoms with Crippen LogP contribution in [0, 0.1) is 5.92 Å². The van der Waals surface area contributed by atoms with Crippen molar-refractivity contribution in [2.24, 2.45) is 5.92 Å². The summed E-state index contributed by atoms with van der Waals surface area (Å²) < 4.78 is 0. The zero-order valence-corrected chi connectivity index (χ0v) is 14.0. The van der Waals surface area contributed by atoms with Crippen molar-refractivity contribution >= 4 is 40.5 Å². The van der Waals surface area contributed by atoms with Crippen LogP contribution < -0.4 is 5.32 Å². The predicted molar refractivity (Wildman–Crippen MR) is 94.3 cm³/mol. The lowest BCUT2D eigenvalue weighted by Gasteiger charge is -2.38. The fourth-order valence-corrected chi connectivity index (χ4v) is 4.16. The Kier molecular flexibility index (Phi) is 3.60. The van der Waals surface area contributed by atoms with Crippen LogP contribution in [0.25, 0.3) is 0 Å². The zero-order valence-electron chi connectivity index (χ0n) is 11.7. The maximum Gasteiger partial charge on any atom is 0.0640 e. The number of nitrogens with one attached hydrogen (secondary N) is 1. The lowest BCUT2D eigenvalue weighted by atomic mass is 9.77. The minimum absolute atomic E-state index is 0.183. The number of allylic oxidation sites excluding steroid dienone is 2. The zero-order chi connectivity index (χ0) is 15.3. The summed E-state index contributed by atoms with van der Waals surface area (Å²) in [6, 6.07) is 12.2. The molecule has 0 saturated carbocycles. The standard InChI is InChI=1S/C18H14Cl3N/c19-14-8-7-10(9-16(14)21)17-12-4-1-3-11(12)13-5-2-6-15(20)18(13)22-17/h1-3,5-9,11-12,17,22H,4H2/t11-,12+,17+/m1/s1. The van der Waals surface area contributed by atoms with Crippen molar-refractivity contribution in [3.8, 4) is 0 Å². The molecule has 2 aromatic carbocycles. The van der Waals surface area contributed by atoms with E-state index in [2.05, 4.69) is 23.5 Å². The first kappa shape index (κ1) is 14.4. The second-order valence-electron chi connectivity index (χ2n) is 5.85. The lowest BCUT2D eigenvalue weighted by molar-refractivity contribution is 0.425. The summed E-state index contributed by atoms with van der Waals surface area (Å²) in [6.07, 6.45) is 5.61. The van der Waals surface area contributed by atoms with Crippen molar-refractivity contribution in [1.29, 1.82) is 0 Å². The highest BCUT2D eigenvalue weighted by atomic mass is 35.5. The van der Waals surface area contributed by atoms with Crippen LogP contribution in [0.4, 0.5) is 5.69 Å². The molecular weight excluding hydrogens is 337 g/mol. The molecule has 112 valence electrons. The van der Waals surface area contributed by atoms with Crippen LogP contribution in [0.2, 0.25) is 15.1 Å². The minimum Gasteiger partial charge on any atom is -0.376 e. The van der Waals surface area contributed by atoms with E-state index in [4.69, 9.17) is 34.8 Å². The largest absolute Gasteiger partial charge is 0.376 e. The molecule has 1 aliphatic heterocycles. The van der Waals surface area contributed by atoms with Gasteiger partial charge in [0, 0.05) is 5.92 Å². The molecule has 1 aliphatic carbocycles. The summed E-state index contributed by atoms with van der Waals surface area (Å²) in [5, 5.41) is 5.57. The Morgan fingerprint density at radius 1 is 0.955 bits per heavy atom. The van der Waals surface area contributed by atoms with Crippen molar-refractivity contribution in [2.45, 2.75) is 18.4 Å². The van der Waals surface area contributed by atoms with E-state index in [0.29, 0.717) is 21.9 Å². The van der Waals surface area contributed by atoms with Crippen LogP contribution in [-0.2, 0) is 0 Å². The Morgan fingerprint density at radius 2 is 1.82 bits per heavy atom. The highest BCUT2D eigenvalue weighted by molar-refractivity contribution is 6.42. The smallest absolute Gasteiger partial charge is 0.0640 e. The van der Waals surface area contributed by atoms with Gasteiger partial charge < -0.3 is 5.32 Å². The SMILES string of the molecule is Clc1ccc([C@@H]2Nc3c(Cl)cccc3[C@@H]3C=CC[C@@H]32)cc1Cl. The summed E-state index contributed by atoms with van der Waals surface area (Å²) in [6.45, 7) is 0. The molecule has 0 spiro atoms. The number of para-hydroxylation sites is 1. The van der Waals surface area contributed by atoms with Crippen molar-refractivity contribution in [3.05, 3.63) is 74.7 Å². The monoisotopic (exact) mass is 349 g/mol. The van der Waals surface area contributed by atoms with Gasteiger partial charge in [-0.2, -0.15) is 0 Å². The maximum atomic E-state index is 6.41. The van der Waals surface area contributed by atoms with Gasteiger partial charge in [-0.1, -0.05) is 65.2 Å². The molecule has 4 heteroatoms. The molecule has 0 saturated heterocycles. The lowest BCUT2D eigenvalue weighted by Crippen LogP contribution is -2.29. The summed E-state index contributed by atoms with van der Waals surface area (Å²) >= 11 is 18.7. The van der Waals surface area contributed by atoms with Crippen LogP contribution in [0.5, 0.6) is 0 Å². The third-order valence-corrected chi connectivity index (χ3v) is 5.70.